The quantitative estimate of drug-likeness (QED) is 0.515. The summed E-state index contributed by atoms with van der Waals surface area (Å²) in [6.07, 6.45) is 0. The molecule has 0 saturated carbocycles. The maximum atomic E-state index is 12.8. The highest BCUT2D eigenvalue weighted by molar-refractivity contribution is 6.08. The van der Waals surface area contributed by atoms with Gasteiger partial charge in [0.15, 0.2) is 0 Å². The first-order valence-corrected chi connectivity index (χ1v) is 10.1. The van der Waals surface area contributed by atoms with Crippen LogP contribution in [0.25, 0.3) is 0 Å². The van der Waals surface area contributed by atoms with Crippen LogP contribution < -0.4 is 15.0 Å². The molecule has 0 saturated heterocycles. The number of benzene rings is 3. The highest BCUT2D eigenvalue weighted by Gasteiger charge is 2.14. The van der Waals surface area contributed by atoms with Crippen LogP contribution in [0.2, 0.25) is 0 Å². The van der Waals surface area contributed by atoms with Crippen LogP contribution in [0.15, 0.2) is 78.9 Å². The number of rotatable bonds is 9. The number of nitrogens with zero attached hydrogens (tertiary/aromatic N) is 1. The summed E-state index contributed by atoms with van der Waals surface area (Å²) in [4.78, 5) is 27.1. The lowest BCUT2D eigenvalue weighted by Crippen LogP contribution is -2.26. The van der Waals surface area contributed by atoms with E-state index in [4.69, 9.17) is 9.47 Å². The molecule has 0 aliphatic rings. The van der Waals surface area contributed by atoms with Gasteiger partial charge in [-0.2, -0.15) is 0 Å². The van der Waals surface area contributed by atoms with Gasteiger partial charge in [-0.3, -0.25) is 9.59 Å². The van der Waals surface area contributed by atoms with E-state index in [0.29, 0.717) is 42.4 Å². The molecule has 160 valence electrons. The van der Waals surface area contributed by atoms with Gasteiger partial charge in [-0.05, 0) is 55.5 Å². The highest BCUT2D eigenvalue weighted by Crippen LogP contribution is 2.19. The van der Waals surface area contributed by atoms with Crippen LogP contribution in [0.3, 0.4) is 0 Å². The number of carbonyl (C=O) groups excluding carboxylic acids is 2. The molecule has 3 rings (SSSR count). The minimum absolute atomic E-state index is 0.160. The second-order valence-electron chi connectivity index (χ2n) is 6.81. The van der Waals surface area contributed by atoms with E-state index in [9.17, 15) is 9.59 Å². The molecule has 0 bridgehead atoms. The lowest BCUT2D eigenvalue weighted by molar-refractivity contribution is 0.0989. The summed E-state index contributed by atoms with van der Waals surface area (Å²) in [7, 11) is 1.72. The second kappa shape index (κ2) is 10.9. The summed E-state index contributed by atoms with van der Waals surface area (Å²) < 4.78 is 10.9. The zero-order chi connectivity index (χ0) is 22.1. The lowest BCUT2D eigenvalue weighted by atomic mass is 10.1. The fourth-order valence-corrected chi connectivity index (χ4v) is 2.99. The number of hydrogen-bond acceptors (Lipinski definition) is 4. The molecule has 0 aliphatic carbocycles. The van der Waals surface area contributed by atoms with Gasteiger partial charge in [0.2, 0.25) is 0 Å². The van der Waals surface area contributed by atoms with Crippen molar-refractivity contribution in [2.45, 2.75) is 6.92 Å². The molecule has 31 heavy (non-hydrogen) atoms. The topological polar surface area (TPSA) is 67.9 Å². The SMILES string of the molecule is CCOCCOc1cccc(C(=O)Nc2cccc(C(=O)N(C)c3ccccc3)c2)c1. The zero-order valence-electron chi connectivity index (χ0n) is 17.7. The van der Waals surface area contributed by atoms with Gasteiger partial charge in [-0.1, -0.05) is 30.3 Å². The highest BCUT2D eigenvalue weighted by atomic mass is 16.5. The van der Waals surface area contributed by atoms with E-state index in [1.54, 1.807) is 60.5 Å². The van der Waals surface area contributed by atoms with E-state index in [0.717, 1.165) is 5.69 Å². The van der Waals surface area contributed by atoms with Crippen molar-refractivity contribution in [2.75, 3.05) is 37.1 Å². The molecule has 3 aromatic rings. The Hall–Kier alpha value is -3.64. The maximum absolute atomic E-state index is 12.8. The molecule has 0 radical (unpaired) electrons. The number of nitrogens with one attached hydrogen (secondary N) is 1. The largest absolute Gasteiger partial charge is 0.491 e. The van der Waals surface area contributed by atoms with Crippen molar-refractivity contribution in [1.29, 1.82) is 0 Å². The van der Waals surface area contributed by atoms with E-state index in [2.05, 4.69) is 5.32 Å². The third kappa shape index (κ3) is 6.17. The summed E-state index contributed by atoms with van der Waals surface area (Å²) >= 11 is 0. The van der Waals surface area contributed by atoms with E-state index in [-0.39, 0.29) is 11.8 Å². The Kier molecular flexibility index (Phi) is 7.79. The van der Waals surface area contributed by atoms with Crippen molar-refractivity contribution >= 4 is 23.2 Å². The average molecular weight is 418 g/mol. The van der Waals surface area contributed by atoms with Gasteiger partial charge in [0.25, 0.3) is 11.8 Å². The van der Waals surface area contributed by atoms with Crippen molar-refractivity contribution in [3.05, 3.63) is 90.0 Å². The van der Waals surface area contributed by atoms with Crippen LogP contribution in [-0.4, -0.2) is 38.7 Å². The molecule has 3 aromatic carbocycles. The van der Waals surface area contributed by atoms with Crippen LogP contribution in [-0.2, 0) is 4.74 Å². The fraction of sp³-hybridized carbons (Fsp3) is 0.200. The summed E-state index contributed by atoms with van der Waals surface area (Å²) in [5.41, 5.74) is 2.28. The molecule has 6 heteroatoms. The fourth-order valence-electron chi connectivity index (χ4n) is 2.99. The predicted octanol–water partition coefficient (Wildman–Crippen LogP) is 4.63. The Balaban J connectivity index is 1.67. The predicted molar refractivity (Wildman–Crippen MR) is 122 cm³/mol. The number of para-hydroxylation sites is 1. The summed E-state index contributed by atoms with van der Waals surface area (Å²) in [5.74, 6) is 0.157. The Morgan fingerprint density at radius 3 is 2.39 bits per heavy atom. The molecule has 0 atom stereocenters. The van der Waals surface area contributed by atoms with E-state index < -0.39 is 0 Å². The standard InChI is InChI=1S/C25H26N2O4/c1-3-30-15-16-31-23-14-8-9-19(18-23)24(28)26-21-11-7-10-20(17-21)25(29)27(2)22-12-5-4-6-13-22/h4-14,17-18H,3,15-16H2,1-2H3,(H,26,28). The van der Waals surface area contributed by atoms with Crippen LogP contribution in [0.1, 0.15) is 27.6 Å². The molecule has 0 aliphatic heterocycles. The molecule has 6 nitrogen and oxygen atoms in total. The first-order valence-electron chi connectivity index (χ1n) is 10.1. The van der Waals surface area contributed by atoms with Gasteiger partial charge in [-0.25, -0.2) is 0 Å². The number of carbonyl (C=O) groups is 2. The third-order valence-corrected chi connectivity index (χ3v) is 4.61. The number of amides is 2. The molecule has 1 N–H and O–H groups in total. The van der Waals surface area contributed by atoms with Gasteiger partial charge in [0, 0.05) is 36.2 Å². The van der Waals surface area contributed by atoms with E-state index in [1.165, 1.54) is 0 Å². The molecule has 0 unspecified atom stereocenters. The molecule has 0 spiro atoms. The third-order valence-electron chi connectivity index (χ3n) is 4.61. The summed E-state index contributed by atoms with van der Waals surface area (Å²) in [6.45, 7) is 3.46. The normalized spacial score (nSPS) is 10.4. The number of ether oxygens (including phenoxy) is 2. The van der Waals surface area contributed by atoms with Crippen LogP contribution >= 0.6 is 0 Å². The Morgan fingerprint density at radius 2 is 1.61 bits per heavy atom. The van der Waals surface area contributed by atoms with Crippen molar-refractivity contribution in [1.82, 2.24) is 0 Å². The molecule has 0 fully saturated rings. The van der Waals surface area contributed by atoms with Gasteiger partial charge in [0.05, 0.1) is 6.61 Å². The summed E-state index contributed by atoms with van der Waals surface area (Å²) in [6, 6.07) is 23.2. The van der Waals surface area contributed by atoms with E-state index in [1.807, 2.05) is 37.3 Å². The van der Waals surface area contributed by atoms with Crippen LogP contribution in [0.5, 0.6) is 5.75 Å². The first-order chi connectivity index (χ1) is 15.1. The minimum atomic E-state index is -0.281. The minimum Gasteiger partial charge on any atom is -0.491 e. The smallest absolute Gasteiger partial charge is 0.258 e. The van der Waals surface area contributed by atoms with Gasteiger partial charge in [-0.15, -0.1) is 0 Å². The molecule has 0 aromatic heterocycles. The number of hydrogen-bond donors (Lipinski definition) is 1. The van der Waals surface area contributed by atoms with Crippen molar-refractivity contribution < 1.29 is 19.1 Å². The second-order valence-corrected chi connectivity index (χ2v) is 6.81. The Labute approximate surface area is 182 Å². The van der Waals surface area contributed by atoms with Gasteiger partial charge < -0.3 is 19.7 Å². The monoisotopic (exact) mass is 418 g/mol. The average Bonchev–Trinajstić information content (AvgIpc) is 2.82. The zero-order valence-corrected chi connectivity index (χ0v) is 17.7. The Morgan fingerprint density at radius 1 is 0.871 bits per heavy atom. The Bertz CT molecular complexity index is 1020. The van der Waals surface area contributed by atoms with E-state index >= 15 is 0 Å². The van der Waals surface area contributed by atoms with Crippen molar-refractivity contribution in [3.63, 3.8) is 0 Å². The van der Waals surface area contributed by atoms with Gasteiger partial charge in [0.1, 0.15) is 12.4 Å². The molecular weight excluding hydrogens is 392 g/mol. The first kappa shape index (κ1) is 22.1. The van der Waals surface area contributed by atoms with Crippen LogP contribution in [0.4, 0.5) is 11.4 Å². The maximum Gasteiger partial charge on any atom is 0.258 e. The van der Waals surface area contributed by atoms with Crippen molar-refractivity contribution in [3.8, 4) is 5.75 Å². The van der Waals surface area contributed by atoms with Crippen LogP contribution in [0, 0.1) is 0 Å². The lowest BCUT2D eigenvalue weighted by Gasteiger charge is -2.17. The van der Waals surface area contributed by atoms with Gasteiger partial charge >= 0.3 is 0 Å². The van der Waals surface area contributed by atoms with Crippen molar-refractivity contribution in [2.24, 2.45) is 0 Å². The summed E-state index contributed by atoms with van der Waals surface area (Å²) in [5, 5.41) is 2.85. The molecular formula is C25H26N2O4. The molecule has 2 amide bonds. The molecule has 0 heterocycles. The number of anilines is 2.